The molecule has 0 bridgehead atoms. The minimum absolute atomic E-state index is 0.141. The number of benzene rings is 3. The summed E-state index contributed by atoms with van der Waals surface area (Å²) < 4.78 is 7.09. The molecular formula is C30H30N4O3. The van der Waals surface area contributed by atoms with Crippen molar-refractivity contribution in [3.8, 4) is 22.7 Å². The first-order chi connectivity index (χ1) is 17.9. The van der Waals surface area contributed by atoms with Gasteiger partial charge in [-0.2, -0.15) is 0 Å². The fraction of sp³-hybridized carbons (Fsp3) is 0.167. The number of imidazole rings is 1. The summed E-state index contributed by atoms with van der Waals surface area (Å²) in [7, 11) is 1.62. The van der Waals surface area contributed by atoms with Crippen LogP contribution in [0, 0.1) is 13.8 Å². The van der Waals surface area contributed by atoms with E-state index in [2.05, 4.69) is 11.9 Å². The number of hydrogen-bond acceptors (Lipinski definition) is 4. The highest BCUT2D eigenvalue weighted by Crippen LogP contribution is 2.26. The number of nitrogens with zero attached hydrogens (tertiary/aromatic N) is 3. The number of methoxy groups -OCH3 is 1. The lowest BCUT2D eigenvalue weighted by molar-refractivity contribution is -0.116. The maximum atomic E-state index is 13.2. The van der Waals surface area contributed by atoms with Gasteiger partial charge in [0.15, 0.2) is 0 Å². The van der Waals surface area contributed by atoms with E-state index >= 15 is 0 Å². The van der Waals surface area contributed by atoms with Crippen molar-refractivity contribution in [3.05, 3.63) is 108 Å². The van der Waals surface area contributed by atoms with Crippen molar-refractivity contribution < 1.29 is 14.3 Å². The van der Waals surface area contributed by atoms with E-state index in [1.165, 1.54) is 4.90 Å². The Morgan fingerprint density at radius 2 is 1.73 bits per heavy atom. The van der Waals surface area contributed by atoms with Crippen molar-refractivity contribution >= 4 is 17.8 Å². The average Bonchev–Trinajstić information content (AvgIpc) is 3.32. The van der Waals surface area contributed by atoms with E-state index in [9.17, 15) is 9.59 Å². The van der Waals surface area contributed by atoms with Gasteiger partial charge in [0.25, 0.3) is 5.91 Å². The van der Waals surface area contributed by atoms with Crippen LogP contribution in [0.15, 0.2) is 91.6 Å². The number of rotatable bonds is 9. The van der Waals surface area contributed by atoms with Gasteiger partial charge in [-0.3, -0.25) is 19.5 Å². The first-order valence-electron chi connectivity index (χ1n) is 12.0. The lowest BCUT2D eigenvalue weighted by atomic mass is 10.1. The van der Waals surface area contributed by atoms with Gasteiger partial charge in [-0.25, -0.2) is 4.98 Å². The molecule has 0 aliphatic rings. The summed E-state index contributed by atoms with van der Waals surface area (Å²) in [6, 6.07) is 22.8. The fourth-order valence-electron chi connectivity index (χ4n) is 3.97. The van der Waals surface area contributed by atoms with Gasteiger partial charge in [0.05, 0.1) is 12.8 Å². The van der Waals surface area contributed by atoms with E-state index in [4.69, 9.17) is 9.72 Å². The molecule has 1 heterocycles. The summed E-state index contributed by atoms with van der Waals surface area (Å²) in [5, 5.41) is 2.91. The summed E-state index contributed by atoms with van der Waals surface area (Å²) in [5.41, 5.74) is 4.95. The molecule has 0 fully saturated rings. The Kier molecular flexibility index (Phi) is 7.83. The van der Waals surface area contributed by atoms with Crippen LogP contribution in [0.25, 0.3) is 16.9 Å². The summed E-state index contributed by atoms with van der Waals surface area (Å²) in [5.74, 6) is 0.524. The van der Waals surface area contributed by atoms with Crippen LogP contribution in [-0.2, 0) is 4.79 Å². The van der Waals surface area contributed by atoms with Gasteiger partial charge >= 0.3 is 0 Å². The number of aryl methyl sites for hydroxylation is 2. The summed E-state index contributed by atoms with van der Waals surface area (Å²) in [4.78, 5) is 32.5. The molecule has 1 N–H and O–H groups in total. The van der Waals surface area contributed by atoms with Gasteiger partial charge in [0.1, 0.15) is 12.3 Å². The Labute approximate surface area is 217 Å². The molecule has 0 aliphatic heterocycles. The molecule has 0 saturated heterocycles. The minimum Gasteiger partial charge on any atom is -0.497 e. The predicted molar refractivity (Wildman–Crippen MR) is 146 cm³/mol. The minimum atomic E-state index is -0.357. The lowest BCUT2D eigenvalue weighted by Crippen LogP contribution is -2.38. The standard InChI is InChI=1S/C30H30N4O3/c1-5-18-33(29(36)26-9-7-6-8-22(26)3)20-28(35)32-30-31-27(23-12-16-25(37-4)17-13-23)19-34(30)24-14-10-21(2)11-15-24/h5-17,19H,1,18,20H2,2-4H3,(H,31,32,35). The molecule has 7 nitrogen and oxygen atoms in total. The van der Waals surface area contributed by atoms with Gasteiger partial charge in [0.2, 0.25) is 11.9 Å². The van der Waals surface area contributed by atoms with Crippen LogP contribution >= 0.6 is 0 Å². The number of carbonyl (C=O) groups is 2. The third-order valence-electron chi connectivity index (χ3n) is 6.00. The van der Waals surface area contributed by atoms with E-state index in [0.29, 0.717) is 17.2 Å². The van der Waals surface area contributed by atoms with Gasteiger partial charge in [0, 0.05) is 29.6 Å². The fourth-order valence-corrected chi connectivity index (χ4v) is 3.97. The number of aromatic nitrogens is 2. The largest absolute Gasteiger partial charge is 0.497 e. The second-order valence-electron chi connectivity index (χ2n) is 8.72. The molecule has 0 saturated carbocycles. The van der Waals surface area contributed by atoms with Crippen LogP contribution in [0.1, 0.15) is 21.5 Å². The van der Waals surface area contributed by atoms with E-state index < -0.39 is 0 Å². The number of ether oxygens (including phenoxy) is 1. The molecule has 0 radical (unpaired) electrons. The quantitative estimate of drug-likeness (QED) is 0.315. The van der Waals surface area contributed by atoms with Gasteiger partial charge in [-0.05, 0) is 61.9 Å². The van der Waals surface area contributed by atoms with E-state index in [1.54, 1.807) is 19.3 Å². The highest BCUT2D eigenvalue weighted by atomic mass is 16.5. The highest BCUT2D eigenvalue weighted by molar-refractivity contribution is 6.00. The first-order valence-corrected chi connectivity index (χ1v) is 12.0. The zero-order valence-corrected chi connectivity index (χ0v) is 21.3. The smallest absolute Gasteiger partial charge is 0.254 e. The number of nitrogens with one attached hydrogen (secondary N) is 1. The molecule has 4 rings (SSSR count). The van der Waals surface area contributed by atoms with Crippen molar-refractivity contribution in [2.45, 2.75) is 13.8 Å². The Hall–Kier alpha value is -4.65. The van der Waals surface area contributed by atoms with Crippen LogP contribution in [0.4, 0.5) is 5.95 Å². The van der Waals surface area contributed by atoms with Crippen LogP contribution in [0.2, 0.25) is 0 Å². The average molecular weight is 495 g/mol. The molecular weight excluding hydrogens is 464 g/mol. The first kappa shape index (κ1) is 25.4. The van der Waals surface area contributed by atoms with E-state index in [1.807, 2.05) is 91.3 Å². The summed E-state index contributed by atoms with van der Waals surface area (Å²) in [6.07, 6.45) is 3.49. The molecule has 0 atom stereocenters. The zero-order valence-electron chi connectivity index (χ0n) is 21.3. The van der Waals surface area contributed by atoms with Gasteiger partial charge < -0.3 is 9.64 Å². The Balaban J connectivity index is 1.62. The second-order valence-corrected chi connectivity index (χ2v) is 8.72. The van der Waals surface area contributed by atoms with Crippen LogP contribution in [-0.4, -0.2) is 46.5 Å². The van der Waals surface area contributed by atoms with Crippen molar-refractivity contribution in [1.82, 2.24) is 14.5 Å². The van der Waals surface area contributed by atoms with Crippen molar-refractivity contribution in [3.63, 3.8) is 0 Å². The maximum Gasteiger partial charge on any atom is 0.254 e. The van der Waals surface area contributed by atoms with Crippen LogP contribution < -0.4 is 10.1 Å². The van der Waals surface area contributed by atoms with Crippen molar-refractivity contribution in [2.24, 2.45) is 0 Å². The molecule has 1 aromatic heterocycles. The van der Waals surface area contributed by atoms with Gasteiger partial charge in [-0.15, -0.1) is 6.58 Å². The lowest BCUT2D eigenvalue weighted by Gasteiger charge is -2.21. The molecule has 37 heavy (non-hydrogen) atoms. The zero-order chi connectivity index (χ0) is 26.4. The molecule has 0 aliphatic carbocycles. The number of amides is 2. The number of hydrogen-bond donors (Lipinski definition) is 1. The highest BCUT2D eigenvalue weighted by Gasteiger charge is 2.21. The molecule has 7 heteroatoms. The molecule has 0 unspecified atom stereocenters. The molecule has 4 aromatic rings. The van der Waals surface area contributed by atoms with Crippen LogP contribution in [0.5, 0.6) is 5.75 Å². The van der Waals surface area contributed by atoms with E-state index in [0.717, 1.165) is 28.1 Å². The van der Waals surface area contributed by atoms with Crippen LogP contribution in [0.3, 0.4) is 0 Å². The van der Waals surface area contributed by atoms with Crippen molar-refractivity contribution in [1.29, 1.82) is 0 Å². The number of carbonyl (C=O) groups excluding carboxylic acids is 2. The third-order valence-corrected chi connectivity index (χ3v) is 6.00. The monoisotopic (exact) mass is 494 g/mol. The summed E-state index contributed by atoms with van der Waals surface area (Å²) in [6.45, 7) is 7.74. The molecule has 2 amide bonds. The Morgan fingerprint density at radius 1 is 1.03 bits per heavy atom. The Morgan fingerprint density at radius 3 is 2.38 bits per heavy atom. The third kappa shape index (κ3) is 5.95. The second kappa shape index (κ2) is 11.4. The predicted octanol–water partition coefficient (Wildman–Crippen LogP) is 5.43. The molecule has 3 aromatic carbocycles. The topological polar surface area (TPSA) is 76.5 Å². The number of anilines is 1. The normalized spacial score (nSPS) is 10.6. The van der Waals surface area contributed by atoms with Crippen molar-refractivity contribution in [2.75, 3.05) is 25.5 Å². The maximum absolute atomic E-state index is 13.2. The molecule has 0 spiro atoms. The summed E-state index contributed by atoms with van der Waals surface area (Å²) >= 11 is 0. The SMILES string of the molecule is C=CCN(CC(=O)Nc1nc(-c2ccc(OC)cc2)cn1-c1ccc(C)cc1)C(=O)c1ccccc1C. The van der Waals surface area contributed by atoms with Gasteiger partial charge in [-0.1, -0.05) is 42.0 Å². The molecule has 188 valence electrons. The Bertz CT molecular complexity index is 1410. The van der Waals surface area contributed by atoms with E-state index in [-0.39, 0.29) is 24.9 Å².